The first-order chi connectivity index (χ1) is 9.13. The Kier molecular flexibility index (Phi) is 4.16. The van der Waals surface area contributed by atoms with Crippen molar-refractivity contribution < 1.29 is 0 Å². The standard InChI is InChI=1S/C16H31N3/c1-12-9-19(10-13(2)18(12)3)11-15-8-14-6-4-5-7-16(14)17-15/h12-17H,4-11H2,1-3H3. The molecule has 1 saturated carbocycles. The average Bonchev–Trinajstić information content (AvgIpc) is 2.78. The fourth-order valence-corrected chi connectivity index (χ4v) is 4.55. The second-order valence-corrected chi connectivity index (χ2v) is 7.33. The topological polar surface area (TPSA) is 18.5 Å². The van der Waals surface area contributed by atoms with Gasteiger partial charge in [-0.1, -0.05) is 12.8 Å². The summed E-state index contributed by atoms with van der Waals surface area (Å²) in [5.41, 5.74) is 0. The van der Waals surface area contributed by atoms with Gasteiger partial charge in [-0.05, 0) is 46.1 Å². The van der Waals surface area contributed by atoms with Crippen LogP contribution in [0.5, 0.6) is 0 Å². The van der Waals surface area contributed by atoms with E-state index in [1.807, 2.05) is 0 Å². The SMILES string of the molecule is CC1CN(CC2CC3CCCCC3N2)CC(C)N1C. The maximum atomic E-state index is 3.93. The predicted molar refractivity (Wildman–Crippen MR) is 80.4 cm³/mol. The van der Waals surface area contributed by atoms with Gasteiger partial charge in [0.15, 0.2) is 0 Å². The Bertz CT molecular complexity index is 280. The van der Waals surface area contributed by atoms with Crippen molar-refractivity contribution >= 4 is 0 Å². The van der Waals surface area contributed by atoms with Gasteiger partial charge in [-0.2, -0.15) is 0 Å². The highest BCUT2D eigenvalue weighted by Crippen LogP contribution is 2.33. The van der Waals surface area contributed by atoms with E-state index in [1.54, 1.807) is 0 Å². The molecule has 2 aliphatic heterocycles. The highest BCUT2D eigenvalue weighted by molar-refractivity contribution is 4.95. The van der Waals surface area contributed by atoms with Gasteiger partial charge >= 0.3 is 0 Å². The number of hydrogen-bond acceptors (Lipinski definition) is 3. The molecule has 5 unspecified atom stereocenters. The summed E-state index contributed by atoms with van der Waals surface area (Å²) in [5, 5.41) is 3.93. The zero-order chi connectivity index (χ0) is 13.4. The van der Waals surface area contributed by atoms with E-state index < -0.39 is 0 Å². The molecule has 5 atom stereocenters. The van der Waals surface area contributed by atoms with Crippen molar-refractivity contribution in [1.29, 1.82) is 0 Å². The number of likely N-dealkylation sites (N-methyl/N-ethyl adjacent to an activating group) is 1. The Morgan fingerprint density at radius 1 is 1.05 bits per heavy atom. The number of fused-ring (bicyclic) bond motifs is 1. The Morgan fingerprint density at radius 3 is 2.42 bits per heavy atom. The molecule has 0 aromatic carbocycles. The maximum absolute atomic E-state index is 3.93. The summed E-state index contributed by atoms with van der Waals surface area (Å²) in [5.74, 6) is 0.987. The Hall–Kier alpha value is -0.120. The molecule has 0 radical (unpaired) electrons. The largest absolute Gasteiger partial charge is 0.310 e. The molecule has 0 aromatic heterocycles. The Balaban J connectivity index is 1.52. The number of nitrogens with zero attached hydrogens (tertiary/aromatic N) is 2. The first-order valence-corrected chi connectivity index (χ1v) is 8.34. The molecule has 3 rings (SSSR count). The number of hydrogen-bond donors (Lipinski definition) is 1. The molecule has 0 spiro atoms. The van der Waals surface area contributed by atoms with Gasteiger partial charge in [0.2, 0.25) is 0 Å². The third-order valence-corrected chi connectivity index (χ3v) is 5.86. The maximum Gasteiger partial charge on any atom is 0.0200 e. The highest BCUT2D eigenvalue weighted by Gasteiger charge is 2.36. The summed E-state index contributed by atoms with van der Waals surface area (Å²) in [7, 11) is 2.27. The van der Waals surface area contributed by atoms with Crippen molar-refractivity contribution in [2.24, 2.45) is 5.92 Å². The van der Waals surface area contributed by atoms with Gasteiger partial charge in [0, 0.05) is 43.8 Å². The second-order valence-electron chi connectivity index (χ2n) is 7.33. The van der Waals surface area contributed by atoms with Crippen LogP contribution in [0.2, 0.25) is 0 Å². The Labute approximate surface area is 118 Å². The zero-order valence-corrected chi connectivity index (χ0v) is 12.9. The minimum absolute atomic E-state index is 0.701. The first kappa shape index (κ1) is 13.8. The first-order valence-electron chi connectivity index (χ1n) is 8.34. The molecule has 2 saturated heterocycles. The van der Waals surface area contributed by atoms with E-state index in [-0.39, 0.29) is 0 Å². The van der Waals surface area contributed by atoms with Crippen LogP contribution in [0.25, 0.3) is 0 Å². The predicted octanol–water partition coefficient (Wildman–Crippen LogP) is 1.93. The molecule has 110 valence electrons. The quantitative estimate of drug-likeness (QED) is 0.823. The van der Waals surface area contributed by atoms with Gasteiger partial charge in [-0.3, -0.25) is 9.80 Å². The van der Waals surface area contributed by atoms with Gasteiger partial charge in [0.05, 0.1) is 0 Å². The molecule has 1 N–H and O–H groups in total. The van der Waals surface area contributed by atoms with Crippen molar-refractivity contribution in [3.05, 3.63) is 0 Å². The van der Waals surface area contributed by atoms with Crippen LogP contribution in [0.4, 0.5) is 0 Å². The minimum Gasteiger partial charge on any atom is -0.310 e. The molecule has 3 aliphatic rings. The molecule has 19 heavy (non-hydrogen) atoms. The summed E-state index contributed by atoms with van der Waals surface area (Å²) in [6.45, 7) is 8.49. The summed E-state index contributed by atoms with van der Waals surface area (Å²) < 4.78 is 0. The summed E-state index contributed by atoms with van der Waals surface area (Å²) in [6, 6.07) is 3.01. The lowest BCUT2D eigenvalue weighted by atomic mass is 9.85. The van der Waals surface area contributed by atoms with Crippen molar-refractivity contribution in [2.45, 2.75) is 70.1 Å². The Morgan fingerprint density at radius 2 is 1.74 bits per heavy atom. The van der Waals surface area contributed by atoms with E-state index in [0.717, 1.165) is 18.0 Å². The molecule has 0 amide bonds. The lowest BCUT2D eigenvalue weighted by Gasteiger charge is -2.43. The number of piperazine rings is 1. The van der Waals surface area contributed by atoms with Crippen LogP contribution in [-0.4, -0.2) is 60.6 Å². The van der Waals surface area contributed by atoms with Crippen LogP contribution >= 0.6 is 0 Å². The lowest BCUT2D eigenvalue weighted by molar-refractivity contribution is 0.0551. The van der Waals surface area contributed by atoms with Crippen LogP contribution in [0, 0.1) is 5.92 Å². The van der Waals surface area contributed by atoms with E-state index >= 15 is 0 Å². The van der Waals surface area contributed by atoms with E-state index in [2.05, 4.69) is 36.0 Å². The second kappa shape index (κ2) is 5.71. The molecule has 3 heteroatoms. The smallest absolute Gasteiger partial charge is 0.0200 e. The summed E-state index contributed by atoms with van der Waals surface area (Å²) in [6.07, 6.45) is 7.25. The van der Waals surface area contributed by atoms with Gasteiger partial charge in [0.1, 0.15) is 0 Å². The molecule has 3 fully saturated rings. The molecule has 1 aliphatic carbocycles. The number of rotatable bonds is 2. The van der Waals surface area contributed by atoms with Crippen molar-refractivity contribution in [2.75, 3.05) is 26.7 Å². The molecule has 3 nitrogen and oxygen atoms in total. The molecule has 0 aromatic rings. The summed E-state index contributed by atoms with van der Waals surface area (Å²) >= 11 is 0. The normalized spacial score (nSPS) is 45.3. The van der Waals surface area contributed by atoms with Gasteiger partial charge in [-0.15, -0.1) is 0 Å². The van der Waals surface area contributed by atoms with Crippen molar-refractivity contribution in [1.82, 2.24) is 15.1 Å². The van der Waals surface area contributed by atoms with Crippen LogP contribution in [0.1, 0.15) is 46.0 Å². The fraction of sp³-hybridized carbons (Fsp3) is 1.00. The third kappa shape index (κ3) is 2.98. The molecule has 0 bridgehead atoms. The van der Waals surface area contributed by atoms with Gasteiger partial charge < -0.3 is 5.32 Å². The zero-order valence-electron chi connectivity index (χ0n) is 12.9. The van der Waals surface area contributed by atoms with Crippen LogP contribution in [0.3, 0.4) is 0 Å². The van der Waals surface area contributed by atoms with E-state index in [1.165, 1.54) is 51.7 Å². The van der Waals surface area contributed by atoms with E-state index in [0.29, 0.717) is 12.1 Å². The van der Waals surface area contributed by atoms with E-state index in [4.69, 9.17) is 0 Å². The number of nitrogens with one attached hydrogen (secondary N) is 1. The fourth-order valence-electron chi connectivity index (χ4n) is 4.55. The molecular weight excluding hydrogens is 234 g/mol. The van der Waals surface area contributed by atoms with Gasteiger partial charge in [0.25, 0.3) is 0 Å². The highest BCUT2D eigenvalue weighted by atomic mass is 15.3. The minimum atomic E-state index is 0.701. The third-order valence-electron chi connectivity index (χ3n) is 5.86. The van der Waals surface area contributed by atoms with Gasteiger partial charge in [-0.25, -0.2) is 0 Å². The van der Waals surface area contributed by atoms with E-state index in [9.17, 15) is 0 Å². The van der Waals surface area contributed by atoms with Crippen molar-refractivity contribution in [3.63, 3.8) is 0 Å². The molecule has 2 heterocycles. The van der Waals surface area contributed by atoms with Crippen LogP contribution in [-0.2, 0) is 0 Å². The monoisotopic (exact) mass is 265 g/mol. The molecular formula is C16H31N3. The van der Waals surface area contributed by atoms with Crippen LogP contribution in [0.15, 0.2) is 0 Å². The summed E-state index contributed by atoms with van der Waals surface area (Å²) in [4.78, 5) is 5.22. The lowest BCUT2D eigenvalue weighted by Crippen LogP contribution is -2.56. The average molecular weight is 265 g/mol. The van der Waals surface area contributed by atoms with Crippen molar-refractivity contribution in [3.8, 4) is 0 Å². The van der Waals surface area contributed by atoms with Crippen LogP contribution < -0.4 is 5.32 Å².